The van der Waals surface area contributed by atoms with Crippen molar-refractivity contribution in [2.75, 3.05) is 6.54 Å². The van der Waals surface area contributed by atoms with Crippen LogP contribution in [0.2, 0.25) is 0 Å². The van der Waals surface area contributed by atoms with E-state index in [0.29, 0.717) is 5.56 Å². The summed E-state index contributed by atoms with van der Waals surface area (Å²) in [4.78, 5) is 122. The van der Waals surface area contributed by atoms with Crippen molar-refractivity contribution in [3.63, 3.8) is 0 Å². The van der Waals surface area contributed by atoms with Crippen molar-refractivity contribution in [2.24, 2.45) is 5.73 Å². The van der Waals surface area contributed by atoms with Gasteiger partial charge in [-0.25, -0.2) is 4.79 Å². The summed E-state index contributed by atoms with van der Waals surface area (Å²) in [5, 5.41) is 50.2. The lowest BCUT2D eigenvalue weighted by atomic mass is 10.0. The number of nitrogens with two attached hydrogens (primary N) is 1. The summed E-state index contributed by atoms with van der Waals surface area (Å²) in [5.74, 6) is -11.7. The second kappa shape index (κ2) is 21.9. The van der Waals surface area contributed by atoms with Crippen LogP contribution in [0.25, 0.3) is 0 Å². The average Bonchev–Trinajstić information content (AvgIpc) is 3.07. The van der Waals surface area contributed by atoms with Gasteiger partial charge in [-0.05, 0) is 32.3 Å². The molecule has 0 heterocycles. The second-order valence-electron chi connectivity index (χ2n) is 11.5. The van der Waals surface area contributed by atoms with Gasteiger partial charge in [-0.1, -0.05) is 30.3 Å². The lowest BCUT2D eigenvalue weighted by Crippen LogP contribution is -2.59. The molecule has 0 unspecified atom stereocenters. The van der Waals surface area contributed by atoms with Gasteiger partial charge in [-0.15, -0.1) is 0 Å². The predicted octanol–water partition coefficient (Wildman–Crippen LogP) is -3.57. The summed E-state index contributed by atoms with van der Waals surface area (Å²) in [6.45, 7) is 1.99. The lowest BCUT2D eigenvalue weighted by Gasteiger charge is -2.26. The standard InChI is InChI=1S/C31H43N7O14/c1-15(33-22(39)14-32)26(46)35-19(9-11-24(42)43)29(49)36-18(8-10-23(40)41)28(48)34-16(2)27(47)37-20(12-17-6-4-3-5-7-17)30(50)38-21(31(51)52)13-25(44)45/h3-7,15-16,18-21H,8-14,32H2,1-2H3,(H,33,39)(H,34,48)(H,35,46)(H,36,49)(H,37,47)(H,38,50)(H,40,41)(H,42,43)(H,44,45)(H,51,52)/t15-,16-,18-,19-,20-,21-/m0/s1. The second-order valence-corrected chi connectivity index (χ2v) is 11.5. The monoisotopic (exact) mass is 737 g/mol. The molecule has 6 atom stereocenters. The molecule has 21 heteroatoms. The number of carboxylic acid groups (broad SMARTS) is 4. The van der Waals surface area contributed by atoms with Crippen molar-refractivity contribution in [1.29, 1.82) is 0 Å². The summed E-state index contributed by atoms with van der Waals surface area (Å²) in [6, 6.07) is -1.07. The first-order valence-electron chi connectivity index (χ1n) is 15.8. The molecule has 0 aromatic heterocycles. The quantitative estimate of drug-likeness (QED) is 0.0517. The fourth-order valence-electron chi connectivity index (χ4n) is 4.39. The molecule has 286 valence electrons. The van der Waals surface area contributed by atoms with Gasteiger partial charge in [0.25, 0.3) is 0 Å². The molecule has 12 N–H and O–H groups in total. The van der Waals surface area contributed by atoms with Gasteiger partial charge in [0.15, 0.2) is 0 Å². The molecule has 6 amide bonds. The number of carbonyl (C=O) groups is 10. The Balaban J connectivity index is 3.19. The number of rotatable bonds is 23. The van der Waals surface area contributed by atoms with Crippen LogP contribution in [0.5, 0.6) is 0 Å². The highest BCUT2D eigenvalue weighted by Crippen LogP contribution is 2.07. The molecule has 52 heavy (non-hydrogen) atoms. The Morgan fingerprint density at radius 2 is 0.981 bits per heavy atom. The molecule has 0 radical (unpaired) electrons. The van der Waals surface area contributed by atoms with Crippen LogP contribution in [0, 0.1) is 0 Å². The zero-order valence-electron chi connectivity index (χ0n) is 28.2. The number of carboxylic acids is 4. The third-order valence-corrected chi connectivity index (χ3v) is 7.18. The Bertz CT molecular complexity index is 1490. The third kappa shape index (κ3) is 16.5. The highest BCUT2D eigenvalue weighted by Gasteiger charge is 2.32. The van der Waals surface area contributed by atoms with E-state index in [1.165, 1.54) is 13.8 Å². The van der Waals surface area contributed by atoms with Gasteiger partial charge >= 0.3 is 23.9 Å². The largest absolute Gasteiger partial charge is 0.481 e. The molecule has 0 aliphatic carbocycles. The first kappa shape index (κ1) is 43.9. The lowest BCUT2D eigenvalue weighted by molar-refractivity contribution is -0.147. The molecular formula is C31H43N7O14. The SMILES string of the molecule is C[C@H](NC(=O)CN)C(=O)N[C@@H](CCC(=O)O)C(=O)N[C@@H](CCC(=O)O)C(=O)N[C@@H](C)C(=O)N[C@@H](Cc1ccccc1)C(=O)N[C@@H](CC(=O)O)C(=O)O. The summed E-state index contributed by atoms with van der Waals surface area (Å²) >= 11 is 0. The number of carbonyl (C=O) groups excluding carboxylic acids is 6. The number of aliphatic carboxylic acids is 4. The van der Waals surface area contributed by atoms with E-state index in [9.17, 15) is 58.2 Å². The Morgan fingerprint density at radius 3 is 1.44 bits per heavy atom. The molecule has 0 bridgehead atoms. The summed E-state index contributed by atoms with van der Waals surface area (Å²) in [5.41, 5.74) is 5.73. The van der Waals surface area contributed by atoms with E-state index >= 15 is 0 Å². The molecule has 0 saturated carbocycles. The van der Waals surface area contributed by atoms with Crippen molar-refractivity contribution in [3.05, 3.63) is 35.9 Å². The van der Waals surface area contributed by atoms with Crippen LogP contribution < -0.4 is 37.6 Å². The maximum atomic E-state index is 13.3. The summed E-state index contributed by atoms with van der Waals surface area (Å²) in [6.07, 6.45) is -3.43. The normalized spacial score (nSPS) is 14.1. The van der Waals surface area contributed by atoms with Crippen LogP contribution in [0.1, 0.15) is 51.5 Å². The Morgan fingerprint density at radius 1 is 0.558 bits per heavy atom. The Hall–Kier alpha value is -6.12. The van der Waals surface area contributed by atoms with Crippen LogP contribution in [0.15, 0.2) is 30.3 Å². The summed E-state index contributed by atoms with van der Waals surface area (Å²) < 4.78 is 0. The minimum Gasteiger partial charge on any atom is -0.481 e. The van der Waals surface area contributed by atoms with Crippen LogP contribution in [0.4, 0.5) is 0 Å². The topological polar surface area (TPSA) is 350 Å². The van der Waals surface area contributed by atoms with E-state index in [4.69, 9.17) is 15.9 Å². The zero-order chi connectivity index (χ0) is 39.5. The molecule has 0 aliphatic heterocycles. The van der Waals surface area contributed by atoms with Crippen molar-refractivity contribution >= 4 is 59.3 Å². The van der Waals surface area contributed by atoms with Crippen LogP contribution >= 0.6 is 0 Å². The Labute approximate surface area is 296 Å². The molecule has 1 aromatic rings. The van der Waals surface area contributed by atoms with E-state index in [1.807, 2.05) is 0 Å². The predicted molar refractivity (Wildman–Crippen MR) is 176 cm³/mol. The van der Waals surface area contributed by atoms with E-state index in [-0.39, 0.29) is 6.42 Å². The van der Waals surface area contributed by atoms with Crippen molar-refractivity contribution < 1.29 is 68.4 Å². The fraction of sp³-hybridized carbons (Fsp3) is 0.484. The molecule has 1 rings (SSSR count). The van der Waals surface area contributed by atoms with Gasteiger partial charge in [-0.3, -0.25) is 43.2 Å². The van der Waals surface area contributed by atoms with E-state index in [0.717, 1.165) is 0 Å². The molecular weight excluding hydrogens is 694 g/mol. The number of amides is 6. The highest BCUT2D eigenvalue weighted by atomic mass is 16.4. The molecule has 0 spiro atoms. The van der Waals surface area contributed by atoms with Gasteiger partial charge in [0.05, 0.1) is 13.0 Å². The van der Waals surface area contributed by atoms with Crippen molar-refractivity contribution in [3.8, 4) is 0 Å². The van der Waals surface area contributed by atoms with Crippen LogP contribution in [-0.4, -0.2) is 123 Å². The van der Waals surface area contributed by atoms with Crippen LogP contribution in [0.3, 0.4) is 0 Å². The Kier molecular flexibility index (Phi) is 18.5. The molecule has 0 aliphatic rings. The third-order valence-electron chi connectivity index (χ3n) is 7.18. The van der Waals surface area contributed by atoms with E-state index in [2.05, 4.69) is 31.9 Å². The van der Waals surface area contributed by atoms with Crippen molar-refractivity contribution in [2.45, 2.75) is 88.6 Å². The van der Waals surface area contributed by atoms with Gasteiger partial charge < -0.3 is 58.1 Å². The fourth-order valence-corrected chi connectivity index (χ4v) is 4.39. The average molecular weight is 738 g/mol. The number of benzene rings is 1. The van der Waals surface area contributed by atoms with Gasteiger partial charge in [-0.2, -0.15) is 0 Å². The molecule has 21 nitrogen and oxygen atoms in total. The van der Waals surface area contributed by atoms with E-state index < -0.39 is 134 Å². The highest BCUT2D eigenvalue weighted by molar-refractivity contribution is 5.97. The zero-order valence-corrected chi connectivity index (χ0v) is 28.2. The van der Waals surface area contributed by atoms with Gasteiger partial charge in [0, 0.05) is 19.3 Å². The smallest absolute Gasteiger partial charge is 0.326 e. The number of hydrogen-bond acceptors (Lipinski definition) is 11. The molecule has 0 fully saturated rings. The minimum absolute atomic E-state index is 0.187. The number of nitrogens with one attached hydrogen (secondary N) is 6. The van der Waals surface area contributed by atoms with E-state index in [1.54, 1.807) is 30.3 Å². The maximum Gasteiger partial charge on any atom is 0.326 e. The van der Waals surface area contributed by atoms with Crippen molar-refractivity contribution in [1.82, 2.24) is 31.9 Å². The summed E-state index contributed by atoms with van der Waals surface area (Å²) in [7, 11) is 0. The minimum atomic E-state index is -1.84. The first-order valence-corrected chi connectivity index (χ1v) is 15.8. The molecule has 1 aromatic carbocycles. The maximum absolute atomic E-state index is 13.3. The van der Waals surface area contributed by atoms with Crippen LogP contribution in [-0.2, 0) is 54.4 Å². The first-order chi connectivity index (χ1) is 24.3. The van der Waals surface area contributed by atoms with Gasteiger partial charge in [0.2, 0.25) is 35.4 Å². The van der Waals surface area contributed by atoms with Gasteiger partial charge in [0.1, 0.15) is 36.3 Å². The number of hydrogen-bond donors (Lipinski definition) is 11. The molecule has 0 saturated heterocycles.